The summed E-state index contributed by atoms with van der Waals surface area (Å²) in [6.45, 7) is 10.4. The van der Waals surface area contributed by atoms with Crippen molar-refractivity contribution in [1.82, 2.24) is 15.1 Å². The predicted molar refractivity (Wildman–Crippen MR) is 79.7 cm³/mol. The molecule has 1 N–H and O–H groups in total. The summed E-state index contributed by atoms with van der Waals surface area (Å²) in [6, 6.07) is 1.03. The van der Waals surface area contributed by atoms with Gasteiger partial charge in [-0.3, -0.25) is 15.0 Å². The molecule has 1 heterocycles. The Morgan fingerprint density at radius 1 is 1.40 bits per heavy atom. The zero-order valence-electron chi connectivity index (χ0n) is 13.3. The van der Waals surface area contributed by atoms with Crippen LogP contribution < -0.4 is 5.32 Å². The predicted octanol–water partition coefficient (Wildman–Crippen LogP) is 0.696. The lowest BCUT2D eigenvalue weighted by molar-refractivity contribution is -0.151. The molecule has 0 aromatic rings. The lowest BCUT2D eigenvalue weighted by atomic mass is 10.00. The summed E-state index contributed by atoms with van der Waals surface area (Å²) >= 11 is 0. The maximum absolute atomic E-state index is 12.3. The van der Waals surface area contributed by atoms with Gasteiger partial charge in [0.25, 0.3) is 0 Å². The first kappa shape index (κ1) is 15.7. The minimum absolute atomic E-state index is 0.113. The van der Waals surface area contributed by atoms with Crippen molar-refractivity contribution < 1.29 is 9.53 Å². The molecule has 0 bridgehead atoms. The van der Waals surface area contributed by atoms with Crippen molar-refractivity contribution in [3.05, 3.63) is 0 Å². The average molecular weight is 283 g/mol. The molecule has 2 rings (SSSR count). The van der Waals surface area contributed by atoms with Crippen LogP contribution in [-0.4, -0.2) is 73.2 Å². The zero-order valence-corrected chi connectivity index (χ0v) is 13.3. The molecule has 0 amide bonds. The van der Waals surface area contributed by atoms with E-state index in [0.717, 1.165) is 26.2 Å². The molecule has 0 aromatic carbocycles. The van der Waals surface area contributed by atoms with Gasteiger partial charge in [-0.1, -0.05) is 0 Å². The molecule has 5 heteroatoms. The average Bonchev–Trinajstić information content (AvgIpc) is 3.18. The van der Waals surface area contributed by atoms with E-state index < -0.39 is 5.54 Å². The normalized spacial score (nSPS) is 28.1. The van der Waals surface area contributed by atoms with E-state index in [1.165, 1.54) is 12.8 Å². The van der Waals surface area contributed by atoms with E-state index in [-0.39, 0.29) is 5.97 Å². The molecule has 1 aliphatic carbocycles. The minimum atomic E-state index is -0.577. The van der Waals surface area contributed by atoms with Gasteiger partial charge in [-0.2, -0.15) is 0 Å². The van der Waals surface area contributed by atoms with E-state index in [2.05, 4.69) is 29.1 Å². The Kier molecular flexibility index (Phi) is 5.04. The van der Waals surface area contributed by atoms with Gasteiger partial charge in [0.1, 0.15) is 5.54 Å². The number of hydrogen-bond acceptors (Lipinski definition) is 5. The summed E-state index contributed by atoms with van der Waals surface area (Å²) in [5.74, 6) is -0.113. The summed E-state index contributed by atoms with van der Waals surface area (Å²) < 4.78 is 5.29. The number of esters is 1. The third-order valence-electron chi connectivity index (χ3n) is 4.41. The standard InChI is InChI=1S/C15H29N3O2/c1-5-20-14(19)15(3,16-13-6-7-13)11-18-9-8-17(4)12(2)10-18/h12-13,16H,5-11H2,1-4H3. The van der Waals surface area contributed by atoms with Gasteiger partial charge in [0.15, 0.2) is 0 Å². The fourth-order valence-corrected chi connectivity index (χ4v) is 2.85. The highest BCUT2D eigenvalue weighted by Gasteiger charge is 2.41. The molecule has 2 unspecified atom stereocenters. The molecule has 2 fully saturated rings. The second kappa shape index (κ2) is 6.41. The Hall–Kier alpha value is -0.650. The number of rotatable bonds is 6. The van der Waals surface area contributed by atoms with Crippen LogP contribution >= 0.6 is 0 Å². The first-order valence-corrected chi connectivity index (χ1v) is 7.82. The summed E-state index contributed by atoms with van der Waals surface area (Å²) in [5.41, 5.74) is -0.577. The number of nitrogens with one attached hydrogen (secondary N) is 1. The second-order valence-electron chi connectivity index (χ2n) is 6.54. The zero-order chi connectivity index (χ0) is 14.8. The lowest BCUT2D eigenvalue weighted by Gasteiger charge is -2.41. The third kappa shape index (κ3) is 3.93. The fraction of sp³-hybridized carbons (Fsp3) is 0.933. The first-order valence-electron chi connectivity index (χ1n) is 7.82. The molecule has 1 aliphatic heterocycles. The van der Waals surface area contributed by atoms with E-state index >= 15 is 0 Å². The van der Waals surface area contributed by atoms with Crippen molar-refractivity contribution >= 4 is 5.97 Å². The molecular formula is C15H29N3O2. The SMILES string of the molecule is CCOC(=O)C(C)(CN1CCN(C)C(C)C1)NC1CC1. The molecule has 0 aromatic heterocycles. The molecule has 20 heavy (non-hydrogen) atoms. The fourth-order valence-electron chi connectivity index (χ4n) is 2.85. The Morgan fingerprint density at radius 3 is 2.65 bits per heavy atom. The maximum Gasteiger partial charge on any atom is 0.327 e. The minimum Gasteiger partial charge on any atom is -0.465 e. The van der Waals surface area contributed by atoms with E-state index in [1.54, 1.807) is 0 Å². The summed E-state index contributed by atoms with van der Waals surface area (Å²) in [6.07, 6.45) is 2.35. The van der Waals surface area contributed by atoms with Crippen LogP contribution in [0, 0.1) is 0 Å². The smallest absolute Gasteiger partial charge is 0.327 e. The number of ether oxygens (including phenoxy) is 1. The molecule has 116 valence electrons. The molecular weight excluding hydrogens is 254 g/mol. The first-order chi connectivity index (χ1) is 9.44. The van der Waals surface area contributed by atoms with Crippen molar-refractivity contribution in [2.24, 2.45) is 0 Å². The largest absolute Gasteiger partial charge is 0.465 e. The highest BCUT2D eigenvalue weighted by atomic mass is 16.5. The molecule has 5 nitrogen and oxygen atoms in total. The van der Waals surface area contributed by atoms with E-state index in [9.17, 15) is 4.79 Å². The van der Waals surface area contributed by atoms with Gasteiger partial charge < -0.3 is 9.64 Å². The van der Waals surface area contributed by atoms with E-state index in [4.69, 9.17) is 4.74 Å². The van der Waals surface area contributed by atoms with Gasteiger partial charge in [-0.15, -0.1) is 0 Å². The quantitative estimate of drug-likeness (QED) is 0.727. The topological polar surface area (TPSA) is 44.8 Å². The Balaban J connectivity index is 1.97. The van der Waals surface area contributed by atoms with Crippen LogP contribution in [0.2, 0.25) is 0 Å². The number of piperazine rings is 1. The highest BCUT2D eigenvalue weighted by Crippen LogP contribution is 2.24. The van der Waals surface area contributed by atoms with Gasteiger partial charge in [0, 0.05) is 38.3 Å². The summed E-state index contributed by atoms with van der Waals surface area (Å²) in [7, 11) is 2.16. The highest BCUT2D eigenvalue weighted by molar-refractivity contribution is 5.80. The van der Waals surface area contributed by atoms with Crippen LogP contribution in [0.3, 0.4) is 0 Å². The van der Waals surface area contributed by atoms with E-state index in [1.807, 2.05) is 13.8 Å². The molecule has 0 radical (unpaired) electrons. The monoisotopic (exact) mass is 283 g/mol. The Labute approximate surface area is 122 Å². The van der Waals surface area contributed by atoms with Crippen molar-refractivity contribution in [2.45, 2.75) is 51.2 Å². The van der Waals surface area contributed by atoms with Crippen LogP contribution in [-0.2, 0) is 9.53 Å². The van der Waals surface area contributed by atoms with Crippen LogP contribution in [0.1, 0.15) is 33.6 Å². The van der Waals surface area contributed by atoms with Crippen LogP contribution in [0.15, 0.2) is 0 Å². The number of nitrogens with zero attached hydrogens (tertiary/aromatic N) is 2. The van der Waals surface area contributed by atoms with Gasteiger partial charge in [-0.25, -0.2) is 0 Å². The molecule has 2 atom stereocenters. The van der Waals surface area contributed by atoms with Gasteiger partial charge in [-0.05, 0) is 40.7 Å². The number of likely N-dealkylation sites (N-methyl/N-ethyl adjacent to an activating group) is 1. The number of carbonyl (C=O) groups excluding carboxylic acids is 1. The maximum atomic E-state index is 12.3. The Morgan fingerprint density at radius 2 is 2.10 bits per heavy atom. The Bertz CT molecular complexity index is 346. The van der Waals surface area contributed by atoms with Gasteiger partial charge in [0.2, 0.25) is 0 Å². The van der Waals surface area contributed by atoms with Gasteiger partial charge >= 0.3 is 5.97 Å². The van der Waals surface area contributed by atoms with Crippen LogP contribution in [0.4, 0.5) is 0 Å². The van der Waals surface area contributed by atoms with Crippen molar-refractivity contribution in [2.75, 3.05) is 39.8 Å². The summed E-state index contributed by atoms with van der Waals surface area (Å²) in [4.78, 5) is 17.1. The number of hydrogen-bond donors (Lipinski definition) is 1. The van der Waals surface area contributed by atoms with Crippen molar-refractivity contribution in [1.29, 1.82) is 0 Å². The molecule has 1 saturated carbocycles. The summed E-state index contributed by atoms with van der Waals surface area (Å²) in [5, 5.41) is 3.50. The third-order valence-corrected chi connectivity index (χ3v) is 4.41. The van der Waals surface area contributed by atoms with Crippen LogP contribution in [0.25, 0.3) is 0 Å². The van der Waals surface area contributed by atoms with Crippen molar-refractivity contribution in [3.63, 3.8) is 0 Å². The second-order valence-corrected chi connectivity index (χ2v) is 6.54. The van der Waals surface area contributed by atoms with Gasteiger partial charge in [0.05, 0.1) is 6.61 Å². The van der Waals surface area contributed by atoms with Crippen LogP contribution in [0.5, 0.6) is 0 Å². The van der Waals surface area contributed by atoms with Crippen molar-refractivity contribution in [3.8, 4) is 0 Å². The molecule has 1 saturated heterocycles. The number of carbonyl (C=O) groups is 1. The lowest BCUT2D eigenvalue weighted by Crippen LogP contribution is -2.61. The van der Waals surface area contributed by atoms with E-state index in [0.29, 0.717) is 18.7 Å². The molecule has 2 aliphatic rings. The molecule has 0 spiro atoms.